The van der Waals surface area contributed by atoms with Gasteiger partial charge in [0.2, 0.25) is 0 Å². The maximum Gasteiger partial charge on any atom is 0.177 e. The van der Waals surface area contributed by atoms with Crippen molar-refractivity contribution in [1.82, 2.24) is 19.5 Å². The van der Waals surface area contributed by atoms with Gasteiger partial charge in [0, 0.05) is 0 Å². The second-order valence-electron chi connectivity index (χ2n) is 3.86. The van der Waals surface area contributed by atoms with Crippen LogP contribution in [0.5, 0.6) is 0 Å². The zero-order valence-corrected chi connectivity index (χ0v) is 10.7. The standard InChI is InChI=1S/C10H13N7O4/c11-9-8-10(13-4-12-9)17(5-14-8)7(2-16-20)21-6(3-18)1-15-19/h1-2,4-7,18-20H,3H2,(H2,11,12,13)/t6-,7+/m0/s1. The first-order valence-corrected chi connectivity index (χ1v) is 5.75. The number of aliphatic hydroxyl groups excluding tert-OH is 1. The van der Waals surface area contributed by atoms with E-state index in [0.29, 0.717) is 11.2 Å². The van der Waals surface area contributed by atoms with Crippen LogP contribution in [0, 0.1) is 0 Å². The summed E-state index contributed by atoms with van der Waals surface area (Å²) in [6.07, 6.45) is 2.78. The third-order valence-corrected chi connectivity index (χ3v) is 2.58. The lowest BCUT2D eigenvalue weighted by molar-refractivity contribution is -0.000683. The Bertz CT molecular complexity index is 656. The first-order chi connectivity index (χ1) is 10.2. The average Bonchev–Trinajstić information content (AvgIpc) is 2.91. The fraction of sp³-hybridized carbons (Fsp3) is 0.300. The van der Waals surface area contributed by atoms with Crippen molar-refractivity contribution in [2.45, 2.75) is 12.3 Å². The molecule has 11 nitrogen and oxygen atoms in total. The van der Waals surface area contributed by atoms with E-state index in [1.807, 2.05) is 0 Å². The number of hydrogen-bond donors (Lipinski definition) is 4. The predicted molar refractivity (Wildman–Crippen MR) is 71.3 cm³/mol. The Kier molecular flexibility index (Phi) is 4.58. The van der Waals surface area contributed by atoms with E-state index in [9.17, 15) is 0 Å². The molecule has 21 heavy (non-hydrogen) atoms. The number of oxime groups is 2. The summed E-state index contributed by atoms with van der Waals surface area (Å²) < 4.78 is 6.84. The molecule has 5 N–H and O–H groups in total. The Morgan fingerprint density at radius 2 is 2.05 bits per heavy atom. The van der Waals surface area contributed by atoms with Gasteiger partial charge >= 0.3 is 0 Å². The Hall–Kier alpha value is -2.79. The molecule has 0 radical (unpaired) electrons. The summed E-state index contributed by atoms with van der Waals surface area (Å²) in [7, 11) is 0. The molecule has 0 aromatic carbocycles. The van der Waals surface area contributed by atoms with Gasteiger partial charge in [-0.3, -0.25) is 4.57 Å². The first kappa shape index (κ1) is 14.6. The van der Waals surface area contributed by atoms with Crippen molar-refractivity contribution in [3.05, 3.63) is 12.7 Å². The number of nitrogen functional groups attached to an aromatic ring is 1. The van der Waals surface area contributed by atoms with Crippen molar-refractivity contribution in [3.8, 4) is 0 Å². The third-order valence-electron chi connectivity index (χ3n) is 2.58. The second kappa shape index (κ2) is 6.58. The molecule has 0 aliphatic carbocycles. The molecule has 0 fully saturated rings. The lowest BCUT2D eigenvalue weighted by Gasteiger charge is -2.18. The summed E-state index contributed by atoms with van der Waals surface area (Å²) in [4.78, 5) is 11.9. The molecular weight excluding hydrogens is 282 g/mol. The highest BCUT2D eigenvalue weighted by Gasteiger charge is 2.19. The highest BCUT2D eigenvalue weighted by Crippen LogP contribution is 2.19. The molecule has 2 aromatic rings. The number of anilines is 1. The largest absolute Gasteiger partial charge is 0.411 e. The molecule has 2 rings (SSSR count). The number of nitrogens with zero attached hydrogens (tertiary/aromatic N) is 6. The van der Waals surface area contributed by atoms with Crippen LogP contribution >= 0.6 is 0 Å². The molecule has 112 valence electrons. The van der Waals surface area contributed by atoms with Crippen LogP contribution in [0.1, 0.15) is 6.23 Å². The molecule has 2 aromatic heterocycles. The molecule has 0 saturated carbocycles. The fourth-order valence-electron chi connectivity index (χ4n) is 1.66. The van der Waals surface area contributed by atoms with E-state index in [-0.39, 0.29) is 5.82 Å². The topological polar surface area (TPSA) is 164 Å². The van der Waals surface area contributed by atoms with Crippen LogP contribution < -0.4 is 5.73 Å². The van der Waals surface area contributed by atoms with Gasteiger partial charge in [0.1, 0.15) is 17.9 Å². The number of aromatic nitrogens is 4. The number of nitrogens with two attached hydrogens (primary N) is 1. The SMILES string of the molecule is Nc1ncnc2c1ncn2[C@@H](C=NO)O[C@@H](C=NO)CO. The molecule has 2 heterocycles. The highest BCUT2D eigenvalue weighted by atomic mass is 16.5. The van der Waals surface area contributed by atoms with Gasteiger partial charge in [-0.25, -0.2) is 15.0 Å². The van der Waals surface area contributed by atoms with E-state index in [1.165, 1.54) is 17.2 Å². The van der Waals surface area contributed by atoms with Crippen molar-refractivity contribution in [1.29, 1.82) is 0 Å². The minimum Gasteiger partial charge on any atom is -0.411 e. The zero-order chi connectivity index (χ0) is 15.2. The lowest BCUT2D eigenvalue weighted by Crippen LogP contribution is -2.26. The quantitative estimate of drug-likeness (QED) is 0.305. The van der Waals surface area contributed by atoms with Crippen molar-refractivity contribution >= 4 is 29.4 Å². The van der Waals surface area contributed by atoms with Crippen LogP contribution in [0.3, 0.4) is 0 Å². The minimum absolute atomic E-state index is 0.189. The van der Waals surface area contributed by atoms with Gasteiger partial charge in [-0.05, 0) is 0 Å². The van der Waals surface area contributed by atoms with Gasteiger partial charge in [0.15, 0.2) is 17.7 Å². The summed E-state index contributed by atoms with van der Waals surface area (Å²) in [5.41, 5.74) is 6.38. The fourth-order valence-corrected chi connectivity index (χ4v) is 1.66. The van der Waals surface area contributed by atoms with Crippen molar-refractivity contribution in [2.24, 2.45) is 10.3 Å². The monoisotopic (exact) mass is 295 g/mol. The van der Waals surface area contributed by atoms with E-state index in [1.54, 1.807) is 0 Å². The van der Waals surface area contributed by atoms with Crippen LogP contribution in [0.25, 0.3) is 11.2 Å². The molecule has 0 aliphatic heterocycles. The smallest absolute Gasteiger partial charge is 0.177 e. The molecule has 2 atom stereocenters. The highest BCUT2D eigenvalue weighted by molar-refractivity contribution is 5.82. The molecule has 0 amide bonds. The Balaban J connectivity index is 2.38. The van der Waals surface area contributed by atoms with Crippen LogP contribution in [0.15, 0.2) is 23.0 Å². The molecular formula is C10H13N7O4. The number of ether oxygens (including phenoxy) is 1. The van der Waals surface area contributed by atoms with E-state index < -0.39 is 18.9 Å². The summed E-state index contributed by atoms with van der Waals surface area (Å²) >= 11 is 0. The van der Waals surface area contributed by atoms with Gasteiger partial charge in [-0.1, -0.05) is 10.3 Å². The van der Waals surface area contributed by atoms with E-state index in [0.717, 1.165) is 12.4 Å². The minimum atomic E-state index is -0.954. The normalized spacial score (nSPS) is 15.1. The molecule has 11 heteroatoms. The number of rotatable bonds is 6. The maximum absolute atomic E-state index is 9.12. The van der Waals surface area contributed by atoms with Crippen molar-refractivity contribution in [3.63, 3.8) is 0 Å². The summed E-state index contributed by atoms with van der Waals surface area (Å²) in [6.45, 7) is -0.441. The first-order valence-electron chi connectivity index (χ1n) is 5.75. The summed E-state index contributed by atoms with van der Waals surface area (Å²) in [5.74, 6) is 0.189. The van der Waals surface area contributed by atoms with Crippen molar-refractivity contribution in [2.75, 3.05) is 12.3 Å². The van der Waals surface area contributed by atoms with Gasteiger partial charge in [0.25, 0.3) is 0 Å². The molecule has 0 spiro atoms. The number of aliphatic hydroxyl groups is 1. The van der Waals surface area contributed by atoms with E-state index in [2.05, 4.69) is 25.3 Å². The number of imidazole rings is 1. The van der Waals surface area contributed by atoms with Gasteiger partial charge in [0.05, 0.1) is 25.4 Å². The molecule has 0 unspecified atom stereocenters. The van der Waals surface area contributed by atoms with Crippen LogP contribution in [-0.2, 0) is 4.74 Å². The van der Waals surface area contributed by atoms with Gasteiger partial charge in [-0.2, -0.15) is 0 Å². The van der Waals surface area contributed by atoms with Crippen LogP contribution in [-0.4, -0.2) is 60.2 Å². The summed E-state index contributed by atoms with van der Waals surface area (Å²) in [6, 6.07) is 0. The molecule has 0 bridgehead atoms. The molecule has 0 saturated heterocycles. The molecule has 0 aliphatic rings. The lowest BCUT2D eigenvalue weighted by atomic mass is 10.4. The Morgan fingerprint density at radius 3 is 2.71 bits per heavy atom. The van der Waals surface area contributed by atoms with E-state index >= 15 is 0 Å². The Labute approximate surface area is 118 Å². The summed E-state index contributed by atoms with van der Waals surface area (Å²) in [5, 5.41) is 32.0. The van der Waals surface area contributed by atoms with Crippen LogP contribution in [0.4, 0.5) is 5.82 Å². The number of fused-ring (bicyclic) bond motifs is 1. The van der Waals surface area contributed by atoms with Crippen molar-refractivity contribution < 1.29 is 20.3 Å². The maximum atomic E-state index is 9.12. The number of hydrogen-bond acceptors (Lipinski definition) is 10. The Morgan fingerprint density at radius 1 is 1.29 bits per heavy atom. The zero-order valence-electron chi connectivity index (χ0n) is 10.7. The van der Waals surface area contributed by atoms with E-state index in [4.69, 9.17) is 26.0 Å². The van der Waals surface area contributed by atoms with Crippen LogP contribution in [0.2, 0.25) is 0 Å². The van der Waals surface area contributed by atoms with Gasteiger partial charge < -0.3 is 26.0 Å². The third kappa shape index (κ3) is 3.04. The second-order valence-corrected chi connectivity index (χ2v) is 3.86. The average molecular weight is 295 g/mol. The van der Waals surface area contributed by atoms with Gasteiger partial charge in [-0.15, -0.1) is 0 Å². The predicted octanol–water partition coefficient (Wildman–Crippen LogP) is -0.795.